The Morgan fingerprint density at radius 3 is 1.43 bits per heavy atom. The molecule has 0 N–H and O–H groups in total. The molecular formula is C42H23N5O2. The van der Waals surface area contributed by atoms with Crippen molar-refractivity contribution in [3.05, 3.63) is 173 Å². The molecule has 2 aliphatic rings. The lowest BCUT2D eigenvalue weighted by Gasteiger charge is -2.45. The fourth-order valence-electron chi connectivity index (χ4n) is 7.02. The lowest BCUT2D eigenvalue weighted by Crippen LogP contribution is -2.36. The summed E-state index contributed by atoms with van der Waals surface area (Å²) in [5, 5.41) is 19.3. The average molecular weight is 630 g/mol. The fraction of sp³-hybridized carbons (Fsp3) is 0.0238. The van der Waals surface area contributed by atoms with Crippen LogP contribution in [0.15, 0.2) is 140 Å². The monoisotopic (exact) mass is 629 g/mol. The molecule has 0 bridgehead atoms. The summed E-state index contributed by atoms with van der Waals surface area (Å²) in [5.74, 6) is 4.06. The summed E-state index contributed by atoms with van der Waals surface area (Å²) in [6.45, 7) is 0. The summed E-state index contributed by atoms with van der Waals surface area (Å²) in [5.41, 5.74) is 6.14. The molecule has 0 unspecified atom stereocenters. The second kappa shape index (κ2) is 11.0. The van der Waals surface area contributed by atoms with Gasteiger partial charge >= 0.3 is 0 Å². The first kappa shape index (κ1) is 28.2. The molecule has 3 heterocycles. The van der Waals surface area contributed by atoms with Gasteiger partial charge in [0.05, 0.1) is 34.2 Å². The number of rotatable bonds is 3. The van der Waals surface area contributed by atoms with E-state index in [0.29, 0.717) is 56.8 Å². The standard InChI is InChI=1S/C42H23N5O2/c43-24-26-10-7-12-28(22-26)39-45-40(29-13-8-11-27(23-29)25-44)47-41(46-39)30-14-9-18-34-38(30)49-37-21-6-3-17-33(37)42(34)31-15-1-4-19-35(31)48-36-20-5-2-16-32(36)42/h1-23H. The summed E-state index contributed by atoms with van der Waals surface area (Å²) >= 11 is 0. The van der Waals surface area contributed by atoms with Crippen molar-refractivity contribution in [2.24, 2.45) is 0 Å². The van der Waals surface area contributed by atoms with Crippen LogP contribution >= 0.6 is 0 Å². The normalized spacial score (nSPS) is 12.9. The van der Waals surface area contributed by atoms with E-state index in [1.54, 1.807) is 24.3 Å². The molecule has 6 aromatic carbocycles. The number of para-hydroxylation sites is 4. The molecule has 7 aromatic rings. The van der Waals surface area contributed by atoms with Gasteiger partial charge < -0.3 is 9.47 Å². The lowest BCUT2D eigenvalue weighted by molar-refractivity contribution is 0.400. The quantitative estimate of drug-likeness (QED) is 0.192. The Morgan fingerprint density at radius 2 is 0.898 bits per heavy atom. The zero-order valence-corrected chi connectivity index (χ0v) is 25.8. The molecule has 0 saturated heterocycles. The van der Waals surface area contributed by atoms with E-state index in [-0.39, 0.29) is 0 Å². The van der Waals surface area contributed by atoms with Crippen LogP contribution in [0.25, 0.3) is 34.2 Å². The van der Waals surface area contributed by atoms with Crippen molar-refractivity contribution >= 4 is 0 Å². The smallest absolute Gasteiger partial charge is 0.167 e. The lowest BCUT2D eigenvalue weighted by atomic mass is 9.62. The Hall–Kier alpha value is -7.09. The third kappa shape index (κ3) is 4.31. The van der Waals surface area contributed by atoms with Crippen molar-refractivity contribution in [1.82, 2.24) is 15.0 Å². The van der Waals surface area contributed by atoms with Crippen LogP contribution in [0.3, 0.4) is 0 Å². The first-order valence-electron chi connectivity index (χ1n) is 15.7. The fourth-order valence-corrected chi connectivity index (χ4v) is 7.02. The number of fused-ring (bicyclic) bond motifs is 8. The second-order valence-corrected chi connectivity index (χ2v) is 11.8. The van der Waals surface area contributed by atoms with E-state index in [4.69, 9.17) is 24.4 Å². The van der Waals surface area contributed by atoms with Gasteiger partial charge in [0.1, 0.15) is 23.0 Å². The van der Waals surface area contributed by atoms with E-state index in [1.165, 1.54) is 0 Å². The largest absolute Gasteiger partial charge is 0.457 e. The highest BCUT2D eigenvalue weighted by atomic mass is 16.5. The molecule has 1 aromatic heterocycles. The molecule has 0 aliphatic carbocycles. The molecule has 7 heteroatoms. The van der Waals surface area contributed by atoms with E-state index in [9.17, 15) is 10.5 Å². The molecule has 2 aliphatic heterocycles. The van der Waals surface area contributed by atoms with E-state index >= 15 is 0 Å². The summed E-state index contributed by atoms with van der Waals surface area (Å²) < 4.78 is 13.4. The van der Waals surface area contributed by atoms with Gasteiger partial charge in [-0.25, -0.2) is 15.0 Å². The maximum absolute atomic E-state index is 9.65. The molecule has 0 amide bonds. The minimum Gasteiger partial charge on any atom is -0.457 e. The number of nitrogens with zero attached hydrogens (tertiary/aromatic N) is 5. The van der Waals surface area contributed by atoms with Crippen LogP contribution in [0.2, 0.25) is 0 Å². The minimum absolute atomic E-state index is 0.393. The van der Waals surface area contributed by atoms with E-state index in [0.717, 1.165) is 33.8 Å². The molecule has 0 saturated carbocycles. The van der Waals surface area contributed by atoms with Gasteiger partial charge in [-0.05, 0) is 48.5 Å². The highest BCUT2D eigenvalue weighted by molar-refractivity contribution is 5.81. The van der Waals surface area contributed by atoms with E-state index in [1.807, 2.05) is 91.0 Å². The molecule has 0 fully saturated rings. The molecule has 1 spiro atoms. The molecule has 9 rings (SSSR count). The summed E-state index contributed by atoms with van der Waals surface area (Å²) in [4.78, 5) is 14.8. The first-order chi connectivity index (χ1) is 24.2. The number of hydrogen-bond acceptors (Lipinski definition) is 7. The van der Waals surface area contributed by atoms with Crippen LogP contribution in [0.5, 0.6) is 23.0 Å². The minimum atomic E-state index is -0.771. The Morgan fingerprint density at radius 1 is 0.449 bits per heavy atom. The van der Waals surface area contributed by atoms with Gasteiger partial charge in [0.2, 0.25) is 0 Å². The third-order valence-electron chi connectivity index (χ3n) is 9.10. The zero-order chi connectivity index (χ0) is 33.0. The molecular weight excluding hydrogens is 606 g/mol. The van der Waals surface area contributed by atoms with Crippen molar-refractivity contribution in [3.63, 3.8) is 0 Å². The maximum atomic E-state index is 9.65. The van der Waals surface area contributed by atoms with Crippen LogP contribution in [0.4, 0.5) is 0 Å². The SMILES string of the molecule is N#Cc1cccc(-c2nc(-c3cccc(C#N)c3)nc(-c3cccc4c3Oc3ccccc3C43c4ccccc4Oc4ccccc43)n2)c1. The summed E-state index contributed by atoms with van der Waals surface area (Å²) in [6.07, 6.45) is 0. The van der Waals surface area contributed by atoms with Crippen LogP contribution in [0.1, 0.15) is 33.4 Å². The second-order valence-electron chi connectivity index (χ2n) is 11.8. The van der Waals surface area contributed by atoms with Gasteiger partial charge in [0.15, 0.2) is 17.5 Å². The van der Waals surface area contributed by atoms with Gasteiger partial charge in [-0.2, -0.15) is 10.5 Å². The van der Waals surface area contributed by atoms with Crippen LogP contribution in [-0.4, -0.2) is 15.0 Å². The van der Waals surface area contributed by atoms with E-state index < -0.39 is 5.41 Å². The first-order valence-corrected chi connectivity index (χ1v) is 15.7. The highest BCUT2D eigenvalue weighted by Crippen LogP contribution is 2.62. The Labute approximate surface area is 282 Å². The third-order valence-corrected chi connectivity index (χ3v) is 9.10. The average Bonchev–Trinajstić information content (AvgIpc) is 3.17. The summed E-state index contributed by atoms with van der Waals surface area (Å²) in [6, 6.07) is 49.2. The van der Waals surface area contributed by atoms with Crippen molar-refractivity contribution < 1.29 is 9.47 Å². The molecule has 49 heavy (non-hydrogen) atoms. The number of aromatic nitrogens is 3. The predicted molar refractivity (Wildman–Crippen MR) is 184 cm³/mol. The van der Waals surface area contributed by atoms with Crippen LogP contribution in [-0.2, 0) is 5.41 Å². The van der Waals surface area contributed by atoms with Crippen molar-refractivity contribution in [1.29, 1.82) is 10.5 Å². The maximum Gasteiger partial charge on any atom is 0.167 e. The van der Waals surface area contributed by atoms with Gasteiger partial charge in [0.25, 0.3) is 0 Å². The molecule has 0 atom stereocenters. The van der Waals surface area contributed by atoms with Gasteiger partial charge in [-0.1, -0.05) is 91.0 Å². The number of ether oxygens (including phenoxy) is 2. The van der Waals surface area contributed by atoms with Crippen LogP contribution in [0, 0.1) is 22.7 Å². The number of nitriles is 2. The van der Waals surface area contributed by atoms with E-state index in [2.05, 4.69) is 36.4 Å². The Bertz CT molecular complexity index is 2420. The Balaban J connectivity index is 1.35. The van der Waals surface area contributed by atoms with Gasteiger partial charge in [-0.15, -0.1) is 0 Å². The molecule has 7 nitrogen and oxygen atoms in total. The summed E-state index contributed by atoms with van der Waals surface area (Å²) in [7, 11) is 0. The predicted octanol–water partition coefficient (Wildman–Crippen LogP) is 9.21. The molecule has 0 radical (unpaired) electrons. The highest BCUT2D eigenvalue weighted by Gasteiger charge is 2.51. The van der Waals surface area contributed by atoms with Crippen LogP contribution < -0.4 is 9.47 Å². The van der Waals surface area contributed by atoms with Gasteiger partial charge in [-0.3, -0.25) is 0 Å². The molecule has 228 valence electrons. The topological polar surface area (TPSA) is 105 Å². The van der Waals surface area contributed by atoms with Crippen molar-refractivity contribution in [2.45, 2.75) is 5.41 Å². The number of benzene rings is 6. The van der Waals surface area contributed by atoms with Crippen molar-refractivity contribution in [3.8, 4) is 69.3 Å². The zero-order valence-electron chi connectivity index (χ0n) is 25.8. The van der Waals surface area contributed by atoms with Gasteiger partial charge in [0, 0.05) is 33.4 Å². The number of hydrogen-bond donors (Lipinski definition) is 0. The Kier molecular flexibility index (Phi) is 6.33. The van der Waals surface area contributed by atoms with Crippen molar-refractivity contribution in [2.75, 3.05) is 0 Å².